The molecular formula is C14H12N4O2. The number of rotatable bonds is 3. The van der Waals surface area contributed by atoms with Crippen LogP contribution >= 0.6 is 0 Å². The van der Waals surface area contributed by atoms with Crippen LogP contribution in [0.5, 0.6) is 0 Å². The number of hydrogen-bond donors (Lipinski definition) is 2. The molecule has 1 aromatic heterocycles. The molecule has 0 bridgehead atoms. The molecule has 6 nitrogen and oxygen atoms in total. The molecule has 1 heterocycles. The first-order chi connectivity index (χ1) is 9.63. The molecule has 0 spiro atoms. The van der Waals surface area contributed by atoms with E-state index in [0.717, 1.165) is 16.6 Å². The van der Waals surface area contributed by atoms with E-state index in [1.54, 1.807) is 18.2 Å². The Balaban J connectivity index is 1.99. The minimum atomic E-state index is -0.421. The van der Waals surface area contributed by atoms with Crippen LogP contribution in [0.3, 0.4) is 0 Å². The number of fused-ring (bicyclic) bond motifs is 1. The lowest BCUT2D eigenvalue weighted by molar-refractivity contribution is -0.383. The maximum atomic E-state index is 11.0. The summed E-state index contributed by atoms with van der Waals surface area (Å²) in [6.45, 7) is 2.00. The van der Waals surface area contributed by atoms with E-state index in [4.69, 9.17) is 0 Å². The predicted molar refractivity (Wildman–Crippen MR) is 77.2 cm³/mol. The average Bonchev–Trinajstić information content (AvgIpc) is 2.80. The fourth-order valence-corrected chi connectivity index (χ4v) is 2.05. The van der Waals surface area contributed by atoms with Gasteiger partial charge >= 0.3 is 0 Å². The highest BCUT2D eigenvalue weighted by atomic mass is 16.6. The van der Waals surface area contributed by atoms with E-state index >= 15 is 0 Å². The summed E-state index contributed by atoms with van der Waals surface area (Å²) in [6.07, 6.45) is 0. The number of benzene rings is 2. The first-order valence-corrected chi connectivity index (χ1v) is 6.10. The molecule has 100 valence electrons. The Morgan fingerprint density at radius 2 is 2.05 bits per heavy atom. The minimum Gasteiger partial charge on any atom is -0.324 e. The van der Waals surface area contributed by atoms with E-state index in [1.807, 2.05) is 25.1 Å². The molecule has 3 rings (SSSR count). The number of aryl methyl sites for hydroxylation is 1. The number of hydrogen-bond acceptors (Lipinski definition) is 4. The lowest BCUT2D eigenvalue weighted by Gasteiger charge is -2.02. The summed E-state index contributed by atoms with van der Waals surface area (Å²) in [5, 5.41) is 13.9. The Kier molecular flexibility index (Phi) is 2.83. The molecule has 0 aliphatic rings. The highest BCUT2D eigenvalue weighted by molar-refractivity contribution is 5.79. The van der Waals surface area contributed by atoms with Gasteiger partial charge in [0.15, 0.2) is 0 Å². The Labute approximate surface area is 114 Å². The molecule has 0 unspecified atom stereocenters. The van der Waals surface area contributed by atoms with Crippen LogP contribution < -0.4 is 5.32 Å². The number of aromatic amines is 1. The van der Waals surface area contributed by atoms with Gasteiger partial charge in [-0.15, -0.1) is 0 Å². The number of aromatic nitrogens is 2. The number of nitro groups is 1. The molecule has 0 saturated carbocycles. The topological polar surface area (TPSA) is 83.8 Å². The molecule has 2 aromatic carbocycles. The van der Waals surface area contributed by atoms with Crippen molar-refractivity contribution in [1.82, 2.24) is 9.97 Å². The molecule has 20 heavy (non-hydrogen) atoms. The summed E-state index contributed by atoms with van der Waals surface area (Å²) in [5.41, 5.74) is 3.26. The zero-order valence-electron chi connectivity index (χ0n) is 10.8. The van der Waals surface area contributed by atoms with Gasteiger partial charge in [0.1, 0.15) is 5.69 Å². The molecule has 6 heteroatoms. The van der Waals surface area contributed by atoms with Crippen LogP contribution in [0.1, 0.15) is 5.56 Å². The summed E-state index contributed by atoms with van der Waals surface area (Å²) in [5.74, 6) is 0.486. The Bertz CT molecular complexity index is 795. The molecule has 3 aromatic rings. The van der Waals surface area contributed by atoms with Crippen molar-refractivity contribution in [3.8, 4) is 0 Å². The third-order valence-electron chi connectivity index (χ3n) is 2.99. The second kappa shape index (κ2) is 4.65. The smallest absolute Gasteiger partial charge is 0.292 e. The van der Waals surface area contributed by atoms with Gasteiger partial charge in [-0.05, 0) is 30.7 Å². The van der Waals surface area contributed by atoms with E-state index in [9.17, 15) is 10.1 Å². The standard InChI is InChI=1S/C14H12N4O2/c1-9-6-7-10-12(8-9)17-14(15-10)16-11-4-2-3-5-13(11)18(19)20/h2-8H,1H3,(H2,15,16,17). The van der Waals surface area contributed by atoms with Crippen molar-refractivity contribution >= 4 is 28.4 Å². The monoisotopic (exact) mass is 268 g/mol. The SMILES string of the molecule is Cc1ccc2nc(Nc3ccccc3[N+](=O)[O-])[nH]c2c1. The second-order valence-corrected chi connectivity index (χ2v) is 4.51. The van der Waals surface area contributed by atoms with Crippen molar-refractivity contribution in [3.63, 3.8) is 0 Å². The van der Waals surface area contributed by atoms with Gasteiger partial charge in [0.2, 0.25) is 5.95 Å². The van der Waals surface area contributed by atoms with Crippen LogP contribution in [-0.4, -0.2) is 14.9 Å². The van der Waals surface area contributed by atoms with E-state index in [2.05, 4.69) is 15.3 Å². The first-order valence-electron chi connectivity index (χ1n) is 6.10. The van der Waals surface area contributed by atoms with Crippen LogP contribution in [0.15, 0.2) is 42.5 Å². The van der Waals surface area contributed by atoms with Gasteiger partial charge in [0.05, 0.1) is 16.0 Å². The molecule has 0 aliphatic carbocycles. The molecule has 0 radical (unpaired) electrons. The van der Waals surface area contributed by atoms with E-state index in [-0.39, 0.29) is 5.69 Å². The van der Waals surface area contributed by atoms with Gasteiger partial charge in [-0.2, -0.15) is 0 Å². The van der Waals surface area contributed by atoms with Gasteiger partial charge in [-0.1, -0.05) is 18.2 Å². The molecule has 0 amide bonds. The first kappa shape index (κ1) is 12.2. The molecule has 0 fully saturated rings. The molecule has 0 saturated heterocycles. The fraction of sp³-hybridized carbons (Fsp3) is 0.0714. The molecule has 0 atom stereocenters. The minimum absolute atomic E-state index is 0.0177. The third kappa shape index (κ3) is 2.18. The number of nitrogens with zero attached hydrogens (tertiary/aromatic N) is 2. The lowest BCUT2D eigenvalue weighted by Crippen LogP contribution is -1.97. The number of H-pyrrole nitrogens is 1. The maximum absolute atomic E-state index is 11.0. The van der Waals surface area contributed by atoms with Crippen LogP contribution in [-0.2, 0) is 0 Å². The van der Waals surface area contributed by atoms with Gasteiger partial charge in [-0.3, -0.25) is 10.1 Å². The summed E-state index contributed by atoms with van der Waals surface area (Å²) in [6, 6.07) is 12.3. The zero-order chi connectivity index (χ0) is 14.1. The number of imidazole rings is 1. The molecular weight excluding hydrogens is 256 g/mol. The van der Waals surface area contributed by atoms with E-state index in [1.165, 1.54) is 6.07 Å². The lowest BCUT2D eigenvalue weighted by atomic mass is 10.2. The molecule has 0 aliphatic heterocycles. The average molecular weight is 268 g/mol. The summed E-state index contributed by atoms with van der Waals surface area (Å²) < 4.78 is 0. The summed E-state index contributed by atoms with van der Waals surface area (Å²) in [7, 11) is 0. The van der Waals surface area contributed by atoms with Crippen LogP contribution in [0.25, 0.3) is 11.0 Å². The van der Waals surface area contributed by atoms with Gasteiger partial charge in [0.25, 0.3) is 5.69 Å². The highest BCUT2D eigenvalue weighted by Crippen LogP contribution is 2.26. The Morgan fingerprint density at radius 3 is 2.85 bits per heavy atom. The maximum Gasteiger partial charge on any atom is 0.292 e. The van der Waals surface area contributed by atoms with Crippen molar-refractivity contribution in [1.29, 1.82) is 0 Å². The van der Waals surface area contributed by atoms with Crippen molar-refractivity contribution in [2.24, 2.45) is 0 Å². The number of nitrogens with one attached hydrogen (secondary N) is 2. The van der Waals surface area contributed by atoms with Crippen molar-refractivity contribution in [3.05, 3.63) is 58.1 Å². The summed E-state index contributed by atoms with van der Waals surface area (Å²) >= 11 is 0. The number of nitro benzene ring substituents is 1. The normalized spacial score (nSPS) is 10.7. The van der Waals surface area contributed by atoms with Gasteiger partial charge in [-0.25, -0.2) is 4.98 Å². The molecule has 2 N–H and O–H groups in total. The van der Waals surface area contributed by atoms with E-state index < -0.39 is 4.92 Å². The largest absolute Gasteiger partial charge is 0.324 e. The summed E-state index contributed by atoms with van der Waals surface area (Å²) in [4.78, 5) is 18.0. The van der Waals surface area contributed by atoms with Crippen molar-refractivity contribution < 1.29 is 4.92 Å². The predicted octanol–water partition coefficient (Wildman–Crippen LogP) is 3.52. The van der Waals surface area contributed by atoms with Crippen LogP contribution in [0.2, 0.25) is 0 Å². The van der Waals surface area contributed by atoms with Crippen LogP contribution in [0.4, 0.5) is 17.3 Å². The Morgan fingerprint density at radius 1 is 1.25 bits per heavy atom. The fourth-order valence-electron chi connectivity index (χ4n) is 2.05. The van der Waals surface area contributed by atoms with E-state index in [0.29, 0.717) is 11.6 Å². The van der Waals surface area contributed by atoms with Gasteiger partial charge < -0.3 is 10.3 Å². The highest BCUT2D eigenvalue weighted by Gasteiger charge is 2.13. The third-order valence-corrected chi connectivity index (χ3v) is 2.99. The van der Waals surface area contributed by atoms with Crippen LogP contribution in [0, 0.1) is 17.0 Å². The number of para-hydroxylation sites is 2. The number of anilines is 2. The zero-order valence-corrected chi connectivity index (χ0v) is 10.8. The van der Waals surface area contributed by atoms with Crippen molar-refractivity contribution in [2.75, 3.05) is 5.32 Å². The second-order valence-electron chi connectivity index (χ2n) is 4.51. The quantitative estimate of drug-likeness (QED) is 0.562. The van der Waals surface area contributed by atoms with Gasteiger partial charge in [0, 0.05) is 6.07 Å². The van der Waals surface area contributed by atoms with Crippen molar-refractivity contribution in [2.45, 2.75) is 6.92 Å². The Hall–Kier alpha value is -2.89.